The van der Waals surface area contributed by atoms with Gasteiger partial charge in [0.1, 0.15) is 0 Å². The smallest absolute Gasteiger partial charge is 0.234 e. The average molecular weight is 314 g/mol. The number of likely N-dealkylation sites (tertiary alicyclic amines) is 1. The lowest BCUT2D eigenvalue weighted by Crippen LogP contribution is -2.36. The van der Waals surface area contributed by atoms with E-state index in [0.717, 1.165) is 19.4 Å². The number of benzene rings is 1. The van der Waals surface area contributed by atoms with Gasteiger partial charge in [-0.05, 0) is 43.3 Å². The number of carbonyl (C=O) groups excluding carboxylic acids is 1. The van der Waals surface area contributed by atoms with Gasteiger partial charge in [-0.25, -0.2) is 0 Å². The maximum atomic E-state index is 12.2. The maximum absolute atomic E-state index is 12.2. The molecule has 116 valence electrons. The van der Waals surface area contributed by atoms with E-state index < -0.39 is 0 Å². The molecule has 2 aromatic rings. The van der Waals surface area contributed by atoms with Crippen LogP contribution in [0.1, 0.15) is 34.9 Å². The summed E-state index contributed by atoms with van der Waals surface area (Å²) in [5.41, 5.74) is 2.61. The van der Waals surface area contributed by atoms with E-state index in [-0.39, 0.29) is 5.91 Å². The van der Waals surface area contributed by atoms with Crippen LogP contribution in [0.2, 0.25) is 0 Å². The van der Waals surface area contributed by atoms with Gasteiger partial charge in [0.15, 0.2) is 0 Å². The van der Waals surface area contributed by atoms with Crippen molar-refractivity contribution in [2.24, 2.45) is 0 Å². The molecule has 1 aromatic carbocycles. The van der Waals surface area contributed by atoms with Gasteiger partial charge in [-0.1, -0.05) is 35.9 Å². The second-order valence-electron chi connectivity index (χ2n) is 5.90. The second-order valence-corrected chi connectivity index (χ2v) is 6.93. The highest BCUT2D eigenvalue weighted by molar-refractivity contribution is 7.09. The first-order valence-corrected chi connectivity index (χ1v) is 8.70. The molecule has 4 heteroatoms. The van der Waals surface area contributed by atoms with E-state index in [1.54, 1.807) is 11.3 Å². The molecule has 0 radical (unpaired) electrons. The van der Waals surface area contributed by atoms with Crippen LogP contribution in [0, 0.1) is 6.92 Å². The molecular formula is C18H22N2OS. The third kappa shape index (κ3) is 3.76. The van der Waals surface area contributed by atoms with Crippen molar-refractivity contribution in [1.82, 2.24) is 10.2 Å². The molecule has 1 N–H and O–H groups in total. The van der Waals surface area contributed by atoms with Crippen LogP contribution >= 0.6 is 11.3 Å². The molecule has 1 fully saturated rings. The van der Waals surface area contributed by atoms with Crippen LogP contribution in [0.3, 0.4) is 0 Å². The minimum absolute atomic E-state index is 0.118. The molecule has 0 bridgehead atoms. The summed E-state index contributed by atoms with van der Waals surface area (Å²) in [6.07, 6.45) is 2.30. The van der Waals surface area contributed by atoms with Gasteiger partial charge in [0.2, 0.25) is 5.91 Å². The maximum Gasteiger partial charge on any atom is 0.234 e. The van der Waals surface area contributed by atoms with Crippen LogP contribution < -0.4 is 5.32 Å². The number of rotatable bonds is 5. The van der Waals surface area contributed by atoms with Gasteiger partial charge in [-0.3, -0.25) is 9.69 Å². The van der Waals surface area contributed by atoms with E-state index in [1.807, 2.05) is 11.4 Å². The Labute approximate surface area is 136 Å². The fourth-order valence-electron chi connectivity index (χ4n) is 3.02. The molecule has 1 aliphatic heterocycles. The topological polar surface area (TPSA) is 32.3 Å². The molecule has 22 heavy (non-hydrogen) atoms. The average Bonchev–Trinajstić information content (AvgIpc) is 3.17. The summed E-state index contributed by atoms with van der Waals surface area (Å²) in [4.78, 5) is 15.7. The quantitative estimate of drug-likeness (QED) is 0.916. The number of nitrogens with one attached hydrogen (secondary N) is 1. The third-order valence-corrected chi connectivity index (χ3v) is 5.09. The Morgan fingerprint density at radius 2 is 2.14 bits per heavy atom. The van der Waals surface area contributed by atoms with Crippen LogP contribution in [-0.2, 0) is 11.3 Å². The Balaban J connectivity index is 1.56. The fourth-order valence-corrected chi connectivity index (χ4v) is 3.67. The molecule has 1 aromatic heterocycles. The Morgan fingerprint density at radius 3 is 2.86 bits per heavy atom. The number of thiophene rings is 1. The molecule has 0 aliphatic carbocycles. The van der Waals surface area contributed by atoms with Gasteiger partial charge < -0.3 is 5.32 Å². The zero-order valence-corrected chi connectivity index (χ0v) is 13.7. The number of aryl methyl sites for hydroxylation is 1. The van der Waals surface area contributed by atoms with Crippen molar-refractivity contribution in [2.75, 3.05) is 13.1 Å². The summed E-state index contributed by atoms with van der Waals surface area (Å²) < 4.78 is 0. The highest BCUT2D eigenvalue weighted by Crippen LogP contribution is 2.31. The summed E-state index contributed by atoms with van der Waals surface area (Å²) in [5, 5.41) is 5.06. The van der Waals surface area contributed by atoms with E-state index in [0.29, 0.717) is 19.1 Å². The first kappa shape index (κ1) is 15.3. The Morgan fingerprint density at radius 1 is 1.32 bits per heavy atom. The van der Waals surface area contributed by atoms with Crippen molar-refractivity contribution < 1.29 is 4.79 Å². The summed E-state index contributed by atoms with van der Waals surface area (Å²) in [5.74, 6) is 0.118. The van der Waals surface area contributed by atoms with Crippen LogP contribution in [0.5, 0.6) is 0 Å². The number of hydrogen-bond donors (Lipinski definition) is 1. The van der Waals surface area contributed by atoms with Crippen molar-refractivity contribution >= 4 is 17.2 Å². The van der Waals surface area contributed by atoms with Crippen LogP contribution in [0.15, 0.2) is 41.8 Å². The predicted octanol–water partition coefficient (Wildman–Crippen LogP) is 3.51. The third-order valence-electron chi connectivity index (χ3n) is 4.21. The zero-order valence-electron chi connectivity index (χ0n) is 12.9. The van der Waals surface area contributed by atoms with Gasteiger partial charge in [0, 0.05) is 10.9 Å². The van der Waals surface area contributed by atoms with E-state index in [2.05, 4.69) is 47.5 Å². The van der Waals surface area contributed by atoms with Crippen LogP contribution in [0.4, 0.5) is 0 Å². The lowest BCUT2D eigenvalue weighted by atomic mass is 10.0. The molecular weight excluding hydrogens is 292 g/mol. The minimum atomic E-state index is 0.118. The van der Waals surface area contributed by atoms with Crippen molar-refractivity contribution in [3.8, 4) is 0 Å². The largest absolute Gasteiger partial charge is 0.350 e. The van der Waals surface area contributed by atoms with Crippen molar-refractivity contribution in [3.05, 3.63) is 57.8 Å². The van der Waals surface area contributed by atoms with E-state index >= 15 is 0 Å². The minimum Gasteiger partial charge on any atom is -0.350 e. The Bertz CT molecular complexity index is 607. The number of hydrogen-bond acceptors (Lipinski definition) is 3. The van der Waals surface area contributed by atoms with E-state index in [9.17, 15) is 4.79 Å². The lowest BCUT2D eigenvalue weighted by Gasteiger charge is -2.24. The molecule has 0 unspecified atom stereocenters. The normalized spacial score (nSPS) is 18.5. The molecule has 2 heterocycles. The summed E-state index contributed by atoms with van der Waals surface area (Å²) >= 11 is 1.68. The first-order chi connectivity index (χ1) is 10.7. The molecule has 1 aliphatic rings. The predicted molar refractivity (Wildman–Crippen MR) is 90.9 cm³/mol. The highest BCUT2D eigenvalue weighted by atomic mass is 32.1. The van der Waals surface area contributed by atoms with E-state index in [4.69, 9.17) is 0 Å². The molecule has 3 rings (SSSR count). The molecule has 0 saturated carbocycles. The molecule has 3 nitrogen and oxygen atoms in total. The van der Waals surface area contributed by atoms with Gasteiger partial charge in [0.05, 0.1) is 13.1 Å². The standard InChI is InChI=1S/C18H22N2OS/c1-14-6-8-15(9-7-14)17-5-2-10-20(17)13-18(21)19-12-16-4-3-11-22-16/h3-4,6-9,11,17H,2,5,10,12-13H2,1H3,(H,19,21)/t17-/m0/s1. The van der Waals surface area contributed by atoms with E-state index in [1.165, 1.54) is 16.0 Å². The Hall–Kier alpha value is -1.65. The molecule has 1 atom stereocenters. The summed E-state index contributed by atoms with van der Waals surface area (Å²) in [6.45, 7) is 4.24. The Kier molecular flexibility index (Phi) is 4.90. The molecule has 1 saturated heterocycles. The van der Waals surface area contributed by atoms with Gasteiger partial charge in [0.25, 0.3) is 0 Å². The first-order valence-electron chi connectivity index (χ1n) is 7.82. The second kappa shape index (κ2) is 7.07. The van der Waals surface area contributed by atoms with Gasteiger partial charge >= 0.3 is 0 Å². The molecule has 0 spiro atoms. The SMILES string of the molecule is Cc1ccc([C@@H]2CCCN2CC(=O)NCc2cccs2)cc1. The number of carbonyl (C=O) groups is 1. The molecule has 1 amide bonds. The fraction of sp³-hybridized carbons (Fsp3) is 0.389. The monoisotopic (exact) mass is 314 g/mol. The van der Waals surface area contributed by atoms with Crippen LogP contribution in [-0.4, -0.2) is 23.9 Å². The van der Waals surface area contributed by atoms with Gasteiger partial charge in [-0.15, -0.1) is 11.3 Å². The van der Waals surface area contributed by atoms with Crippen molar-refractivity contribution in [2.45, 2.75) is 32.4 Å². The summed E-state index contributed by atoms with van der Waals surface area (Å²) in [6, 6.07) is 13.2. The number of amides is 1. The van der Waals surface area contributed by atoms with Crippen molar-refractivity contribution in [3.63, 3.8) is 0 Å². The van der Waals surface area contributed by atoms with Crippen LogP contribution in [0.25, 0.3) is 0 Å². The highest BCUT2D eigenvalue weighted by Gasteiger charge is 2.27. The van der Waals surface area contributed by atoms with Gasteiger partial charge in [-0.2, -0.15) is 0 Å². The lowest BCUT2D eigenvalue weighted by molar-refractivity contribution is -0.122. The summed E-state index contributed by atoms with van der Waals surface area (Å²) in [7, 11) is 0. The zero-order chi connectivity index (χ0) is 15.4. The number of nitrogens with zero attached hydrogens (tertiary/aromatic N) is 1. The van der Waals surface area contributed by atoms with Crippen molar-refractivity contribution in [1.29, 1.82) is 0 Å².